The molecule has 7 heteroatoms. The van der Waals surface area contributed by atoms with Crippen molar-refractivity contribution >= 4 is 21.5 Å². The normalized spacial score (nSPS) is 19.9. The van der Waals surface area contributed by atoms with Gasteiger partial charge in [0.25, 0.3) is 0 Å². The lowest BCUT2D eigenvalue weighted by molar-refractivity contribution is -0.725. The van der Waals surface area contributed by atoms with Crippen LogP contribution < -0.4 is 16.8 Å². The predicted octanol–water partition coefficient (Wildman–Crippen LogP) is 1.97. The van der Waals surface area contributed by atoms with Crippen molar-refractivity contribution in [2.75, 3.05) is 11.5 Å². The zero-order valence-corrected chi connectivity index (χ0v) is 15.6. The van der Waals surface area contributed by atoms with E-state index in [0.29, 0.717) is 5.69 Å². The molecule has 2 fully saturated rings. The fourth-order valence-corrected chi connectivity index (χ4v) is 4.42. The summed E-state index contributed by atoms with van der Waals surface area (Å²) in [6.07, 6.45) is 15.0. The summed E-state index contributed by atoms with van der Waals surface area (Å²) in [5.41, 5.74) is 10.7. The molecule has 6 nitrogen and oxygen atoms in total. The van der Waals surface area contributed by atoms with E-state index in [1.807, 2.05) is 0 Å². The average molecular weight is 370 g/mol. The Morgan fingerprint density at radius 2 is 1.36 bits per heavy atom. The molecule has 0 bridgehead atoms. The lowest BCUT2D eigenvalue weighted by atomic mass is 9.91. The van der Waals surface area contributed by atoms with Crippen LogP contribution in [-0.2, 0) is 10.1 Å². The molecule has 0 aliphatic heterocycles. The molecular weight excluding hydrogens is 338 g/mol. The van der Waals surface area contributed by atoms with Crippen LogP contribution >= 0.6 is 0 Å². The van der Waals surface area contributed by atoms with Crippen molar-refractivity contribution < 1.29 is 18.3 Å². The molecule has 0 heterocycles. The molecule has 0 spiro atoms. The molecule has 0 unspecified atom stereocenters. The highest BCUT2D eigenvalue weighted by molar-refractivity contribution is 7.86. The Bertz CT molecular complexity index is 621. The molecule has 2 aliphatic rings. The van der Waals surface area contributed by atoms with Crippen molar-refractivity contribution in [2.45, 2.75) is 81.2 Å². The van der Waals surface area contributed by atoms with Crippen LogP contribution in [0.3, 0.4) is 0 Å². The number of quaternary nitrogens is 1. The van der Waals surface area contributed by atoms with E-state index >= 15 is 0 Å². The number of nitrogen functional groups attached to an aromatic ring is 2. The SMILES string of the molecule is C1CCC([NH2+]C2CCCCC2)CC1.Nc1ccc(S(=O)(=O)[O-])c(N)c1. The average Bonchev–Trinajstić information content (AvgIpc) is 2.56. The Kier molecular flexibility index (Phi) is 7.53. The van der Waals surface area contributed by atoms with Crippen molar-refractivity contribution in [3.63, 3.8) is 0 Å². The first-order valence-corrected chi connectivity index (χ1v) is 10.7. The van der Waals surface area contributed by atoms with Gasteiger partial charge in [0.05, 0.1) is 22.7 Å². The molecule has 1 aromatic carbocycles. The van der Waals surface area contributed by atoms with Crippen LogP contribution in [0.15, 0.2) is 23.1 Å². The lowest BCUT2D eigenvalue weighted by Gasteiger charge is -2.27. The molecule has 2 saturated carbocycles. The van der Waals surface area contributed by atoms with Gasteiger partial charge in [-0.15, -0.1) is 0 Å². The quantitative estimate of drug-likeness (QED) is 0.555. The maximum Gasteiger partial charge on any atom is 0.126 e. The number of rotatable bonds is 3. The largest absolute Gasteiger partial charge is 0.744 e. The molecule has 1 aromatic rings. The molecule has 3 rings (SSSR count). The third kappa shape index (κ3) is 6.84. The summed E-state index contributed by atoms with van der Waals surface area (Å²) in [5, 5.41) is 2.72. The van der Waals surface area contributed by atoms with E-state index in [9.17, 15) is 13.0 Å². The summed E-state index contributed by atoms with van der Waals surface area (Å²) < 4.78 is 31.5. The van der Waals surface area contributed by atoms with Crippen molar-refractivity contribution in [3.05, 3.63) is 18.2 Å². The number of nitrogens with two attached hydrogens (primary N) is 3. The fourth-order valence-electron chi connectivity index (χ4n) is 3.83. The number of anilines is 2. The smallest absolute Gasteiger partial charge is 0.126 e. The minimum absolute atomic E-state index is 0.120. The first-order chi connectivity index (χ1) is 11.9. The van der Waals surface area contributed by atoms with Gasteiger partial charge in [-0.05, 0) is 69.6 Å². The molecule has 0 aromatic heterocycles. The summed E-state index contributed by atoms with van der Waals surface area (Å²) in [6, 6.07) is 5.62. The molecule has 6 N–H and O–H groups in total. The number of hydrogen-bond acceptors (Lipinski definition) is 5. The first-order valence-electron chi connectivity index (χ1n) is 9.32. The fraction of sp³-hybridized carbons (Fsp3) is 0.667. The predicted molar refractivity (Wildman–Crippen MR) is 98.9 cm³/mol. The lowest BCUT2D eigenvalue weighted by Crippen LogP contribution is -2.95. The van der Waals surface area contributed by atoms with Gasteiger partial charge in [0.2, 0.25) is 0 Å². The second kappa shape index (κ2) is 9.40. The highest BCUT2D eigenvalue weighted by Crippen LogP contribution is 2.20. The van der Waals surface area contributed by atoms with E-state index in [1.54, 1.807) is 0 Å². The van der Waals surface area contributed by atoms with Gasteiger partial charge < -0.3 is 21.3 Å². The highest BCUT2D eigenvalue weighted by atomic mass is 32.2. The molecule has 0 amide bonds. The second-order valence-corrected chi connectivity index (χ2v) is 8.59. The van der Waals surface area contributed by atoms with E-state index in [-0.39, 0.29) is 5.69 Å². The van der Waals surface area contributed by atoms with Crippen LogP contribution in [-0.4, -0.2) is 25.1 Å². The second-order valence-electron chi connectivity index (χ2n) is 7.24. The van der Waals surface area contributed by atoms with Crippen molar-refractivity contribution in [2.24, 2.45) is 0 Å². The minimum atomic E-state index is -4.48. The van der Waals surface area contributed by atoms with Crippen molar-refractivity contribution in [1.82, 2.24) is 0 Å². The Labute approximate surface area is 151 Å². The first kappa shape index (κ1) is 20.0. The van der Waals surface area contributed by atoms with E-state index in [1.165, 1.54) is 76.3 Å². The Morgan fingerprint density at radius 1 is 0.880 bits per heavy atom. The van der Waals surface area contributed by atoms with Crippen LogP contribution in [0.4, 0.5) is 11.4 Å². The number of hydrogen-bond donors (Lipinski definition) is 3. The minimum Gasteiger partial charge on any atom is -0.744 e. The van der Waals surface area contributed by atoms with E-state index in [2.05, 4.69) is 5.32 Å². The Balaban J connectivity index is 0.000000181. The summed E-state index contributed by atoms with van der Waals surface area (Å²) >= 11 is 0. The summed E-state index contributed by atoms with van der Waals surface area (Å²) in [6.45, 7) is 0. The zero-order valence-electron chi connectivity index (χ0n) is 14.8. The van der Waals surface area contributed by atoms with Crippen LogP contribution in [0.1, 0.15) is 64.2 Å². The van der Waals surface area contributed by atoms with Crippen molar-refractivity contribution in [3.8, 4) is 0 Å². The van der Waals surface area contributed by atoms with Gasteiger partial charge in [-0.2, -0.15) is 0 Å². The summed E-state index contributed by atoms with van der Waals surface area (Å²) in [7, 11) is -4.48. The molecular formula is C18H31N3O3S. The standard InChI is InChI=1S/C12H23N.C6H8N2O3S/c1-3-7-11(8-4-1)13-12-9-5-2-6-10-12;7-4-1-2-6(5(8)3-4)12(9,10)11/h11-13H,1-10H2;1-3H,7-8H2,(H,9,10,11). The topological polar surface area (TPSA) is 126 Å². The Morgan fingerprint density at radius 3 is 1.76 bits per heavy atom. The Hall–Kier alpha value is -1.31. The molecule has 0 saturated heterocycles. The van der Waals surface area contributed by atoms with Gasteiger partial charge in [-0.25, -0.2) is 8.42 Å². The van der Waals surface area contributed by atoms with Gasteiger partial charge >= 0.3 is 0 Å². The molecule has 2 aliphatic carbocycles. The molecule has 142 valence electrons. The van der Waals surface area contributed by atoms with Gasteiger partial charge in [-0.3, -0.25) is 0 Å². The van der Waals surface area contributed by atoms with Crippen LogP contribution in [0.2, 0.25) is 0 Å². The van der Waals surface area contributed by atoms with Crippen LogP contribution in [0.25, 0.3) is 0 Å². The number of benzene rings is 1. The zero-order chi connectivity index (χ0) is 18.3. The van der Waals surface area contributed by atoms with Gasteiger partial charge in [-0.1, -0.05) is 12.8 Å². The van der Waals surface area contributed by atoms with E-state index in [4.69, 9.17) is 11.5 Å². The monoisotopic (exact) mass is 369 g/mol. The van der Waals surface area contributed by atoms with Crippen molar-refractivity contribution in [1.29, 1.82) is 0 Å². The molecule has 0 radical (unpaired) electrons. The maximum absolute atomic E-state index is 10.5. The van der Waals surface area contributed by atoms with E-state index < -0.39 is 15.0 Å². The molecule has 0 atom stereocenters. The third-order valence-electron chi connectivity index (χ3n) is 5.15. The summed E-state index contributed by atoms with van der Waals surface area (Å²) in [5.74, 6) is 0. The van der Waals surface area contributed by atoms with Gasteiger partial charge in [0.1, 0.15) is 10.1 Å². The molecule has 25 heavy (non-hydrogen) atoms. The van der Waals surface area contributed by atoms with Crippen LogP contribution in [0.5, 0.6) is 0 Å². The maximum atomic E-state index is 10.5. The van der Waals surface area contributed by atoms with Gasteiger partial charge in [0, 0.05) is 5.69 Å². The highest BCUT2D eigenvalue weighted by Gasteiger charge is 2.22. The summed E-state index contributed by atoms with van der Waals surface area (Å²) in [4.78, 5) is -0.434. The van der Waals surface area contributed by atoms with Gasteiger partial charge in [0.15, 0.2) is 0 Å². The third-order valence-corrected chi connectivity index (χ3v) is 6.06. The van der Waals surface area contributed by atoms with Crippen LogP contribution in [0, 0.1) is 0 Å². The van der Waals surface area contributed by atoms with E-state index in [0.717, 1.165) is 18.2 Å².